The van der Waals surface area contributed by atoms with Crippen molar-refractivity contribution in [1.29, 1.82) is 0 Å². The standard InChI is InChI=1S/C10H15NO/c1-8(6-7-11)9-4-2-3-5-10(9)12/h2-5,8,12H,6-7,11H2,1H3. The summed E-state index contributed by atoms with van der Waals surface area (Å²) < 4.78 is 0. The number of rotatable bonds is 3. The van der Waals surface area contributed by atoms with E-state index in [4.69, 9.17) is 5.73 Å². The molecule has 2 nitrogen and oxygen atoms in total. The first-order chi connectivity index (χ1) is 5.75. The first kappa shape index (κ1) is 9.07. The van der Waals surface area contributed by atoms with E-state index in [0.717, 1.165) is 12.0 Å². The van der Waals surface area contributed by atoms with Crippen LogP contribution in [0.2, 0.25) is 0 Å². The second-order valence-electron chi connectivity index (χ2n) is 3.04. The summed E-state index contributed by atoms with van der Waals surface area (Å²) >= 11 is 0. The highest BCUT2D eigenvalue weighted by Crippen LogP contribution is 2.26. The first-order valence-corrected chi connectivity index (χ1v) is 4.23. The fraction of sp³-hybridized carbons (Fsp3) is 0.400. The van der Waals surface area contributed by atoms with E-state index in [1.807, 2.05) is 18.2 Å². The summed E-state index contributed by atoms with van der Waals surface area (Å²) in [5.74, 6) is 0.717. The van der Waals surface area contributed by atoms with E-state index in [-0.39, 0.29) is 0 Å². The Morgan fingerprint density at radius 3 is 2.67 bits per heavy atom. The SMILES string of the molecule is CC(CCN)c1ccccc1O. The second kappa shape index (κ2) is 4.12. The molecule has 0 saturated carbocycles. The molecule has 12 heavy (non-hydrogen) atoms. The lowest BCUT2D eigenvalue weighted by Crippen LogP contribution is -2.04. The highest BCUT2D eigenvalue weighted by molar-refractivity contribution is 5.34. The van der Waals surface area contributed by atoms with Crippen molar-refractivity contribution in [2.45, 2.75) is 19.3 Å². The lowest BCUT2D eigenvalue weighted by Gasteiger charge is -2.11. The number of para-hydroxylation sites is 1. The molecule has 1 unspecified atom stereocenters. The zero-order chi connectivity index (χ0) is 8.97. The van der Waals surface area contributed by atoms with Crippen molar-refractivity contribution < 1.29 is 5.11 Å². The molecule has 0 fully saturated rings. The van der Waals surface area contributed by atoms with E-state index < -0.39 is 0 Å². The van der Waals surface area contributed by atoms with Gasteiger partial charge >= 0.3 is 0 Å². The Labute approximate surface area is 73.0 Å². The van der Waals surface area contributed by atoms with Crippen LogP contribution >= 0.6 is 0 Å². The van der Waals surface area contributed by atoms with E-state index in [1.165, 1.54) is 0 Å². The summed E-state index contributed by atoms with van der Waals surface area (Å²) in [6.45, 7) is 2.73. The van der Waals surface area contributed by atoms with Crippen molar-refractivity contribution in [3.8, 4) is 5.75 Å². The van der Waals surface area contributed by atoms with Crippen LogP contribution in [0.25, 0.3) is 0 Å². The zero-order valence-corrected chi connectivity index (χ0v) is 7.33. The smallest absolute Gasteiger partial charge is 0.119 e. The fourth-order valence-corrected chi connectivity index (χ4v) is 1.31. The summed E-state index contributed by atoms with van der Waals surface area (Å²) in [6.07, 6.45) is 0.914. The van der Waals surface area contributed by atoms with Gasteiger partial charge in [-0.25, -0.2) is 0 Å². The summed E-state index contributed by atoms with van der Waals surface area (Å²) in [5, 5.41) is 9.47. The van der Waals surface area contributed by atoms with Gasteiger partial charge < -0.3 is 10.8 Å². The third-order valence-electron chi connectivity index (χ3n) is 2.07. The van der Waals surface area contributed by atoms with Crippen molar-refractivity contribution in [3.05, 3.63) is 29.8 Å². The molecule has 0 radical (unpaired) electrons. The topological polar surface area (TPSA) is 46.2 Å². The van der Waals surface area contributed by atoms with Gasteiger partial charge in [-0.05, 0) is 30.5 Å². The van der Waals surface area contributed by atoms with Crippen LogP contribution in [0, 0.1) is 0 Å². The van der Waals surface area contributed by atoms with E-state index in [2.05, 4.69) is 6.92 Å². The Balaban J connectivity index is 2.79. The number of phenolic OH excluding ortho intramolecular Hbond substituents is 1. The van der Waals surface area contributed by atoms with Crippen molar-refractivity contribution >= 4 is 0 Å². The number of aromatic hydroxyl groups is 1. The molecule has 0 saturated heterocycles. The van der Waals surface area contributed by atoms with Crippen LogP contribution in [0.5, 0.6) is 5.75 Å². The number of hydrogen-bond donors (Lipinski definition) is 2. The third kappa shape index (κ3) is 1.98. The molecule has 0 bridgehead atoms. The Morgan fingerprint density at radius 2 is 2.08 bits per heavy atom. The van der Waals surface area contributed by atoms with Gasteiger partial charge in [0.25, 0.3) is 0 Å². The van der Waals surface area contributed by atoms with Crippen LogP contribution in [-0.4, -0.2) is 11.7 Å². The van der Waals surface area contributed by atoms with Gasteiger partial charge in [-0.2, -0.15) is 0 Å². The van der Waals surface area contributed by atoms with Crippen molar-refractivity contribution in [1.82, 2.24) is 0 Å². The minimum atomic E-state index is 0.344. The molecule has 1 atom stereocenters. The number of phenols is 1. The van der Waals surface area contributed by atoms with Crippen LogP contribution in [0.15, 0.2) is 24.3 Å². The van der Waals surface area contributed by atoms with E-state index >= 15 is 0 Å². The van der Waals surface area contributed by atoms with Gasteiger partial charge in [-0.3, -0.25) is 0 Å². The second-order valence-corrected chi connectivity index (χ2v) is 3.04. The number of nitrogens with two attached hydrogens (primary N) is 1. The van der Waals surface area contributed by atoms with Crippen LogP contribution in [0.4, 0.5) is 0 Å². The molecule has 0 aliphatic heterocycles. The summed E-state index contributed by atoms with van der Waals surface area (Å²) in [5.41, 5.74) is 6.42. The Bertz CT molecular complexity index is 247. The average molecular weight is 165 g/mol. The normalized spacial score (nSPS) is 12.8. The van der Waals surface area contributed by atoms with E-state index in [9.17, 15) is 5.11 Å². The maximum Gasteiger partial charge on any atom is 0.119 e. The first-order valence-electron chi connectivity index (χ1n) is 4.23. The van der Waals surface area contributed by atoms with Gasteiger partial charge in [-0.1, -0.05) is 25.1 Å². The van der Waals surface area contributed by atoms with Gasteiger partial charge in [0.1, 0.15) is 5.75 Å². The lowest BCUT2D eigenvalue weighted by molar-refractivity contribution is 0.461. The van der Waals surface area contributed by atoms with Crippen LogP contribution in [0.1, 0.15) is 24.8 Å². The maximum atomic E-state index is 9.47. The molecular formula is C10H15NO. The molecule has 3 N–H and O–H groups in total. The van der Waals surface area contributed by atoms with E-state index in [1.54, 1.807) is 6.07 Å². The fourth-order valence-electron chi connectivity index (χ4n) is 1.31. The predicted octanol–water partition coefficient (Wildman–Crippen LogP) is 1.84. The van der Waals surface area contributed by atoms with Gasteiger partial charge in [0.15, 0.2) is 0 Å². The number of benzene rings is 1. The predicted molar refractivity (Wildman–Crippen MR) is 50.2 cm³/mol. The summed E-state index contributed by atoms with van der Waals surface area (Å²) in [4.78, 5) is 0. The highest BCUT2D eigenvalue weighted by atomic mass is 16.3. The molecule has 0 amide bonds. The van der Waals surface area contributed by atoms with Crippen LogP contribution in [-0.2, 0) is 0 Å². The molecule has 1 aromatic carbocycles. The average Bonchev–Trinajstić information content (AvgIpc) is 2.05. The van der Waals surface area contributed by atoms with Gasteiger partial charge in [-0.15, -0.1) is 0 Å². The molecule has 0 spiro atoms. The largest absolute Gasteiger partial charge is 0.508 e. The van der Waals surface area contributed by atoms with Crippen molar-refractivity contribution in [2.24, 2.45) is 5.73 Å². The quantitative estimate of drug-likeness (QED) is 0.718. The molecular weight excluding hydrogens is 150 g/mol. The highest BCUT2D eigenvalue weighted by Gasteiger charge is 2.07. The molecule has 0 aliphatic rings. The molecule has 0 aliphatic carbocycles. The minimum Gasteiger partial charge on any atom is -0.508 e. The monoisotopic (exact) mass is 165 g/mol. The molecule has 0 heterocycles. The van der Waals surface area contributed by atoms with Crippen LogP contribution < -0.4 is 5.73 Å². The third-order valence-corrected chi connectivity index (χ3v) is 2.07. The van der Waals surface area contributed by atoms with Gasteiger partial charge in [0.05, 0.1) is 0 Å². The molecule has 1 aromatic rings. The summed E-state index contributed by atoms with van der Waals surface area (Å²) in [6, 6.07) is 7.41. The van der Waals surface area contributed by atoms with Crippen molar-refractivity contribution in [3.63, 3.8) is 0 Å². The Morgan fingerprint density at radius 1 is 1.42 bits per heavy atom. The van der Waals surface area contributed by atoms with Crippen molar-refractivity contribution in [2.75, 3.05) is 6.54 Å². The molecule has 0 aromatic heterocycles. The molecule has 66 valence electrons. The zero-order valence-electron chi connectivity index (χ0n) is 7.33. The van der Waals surface area contributed by atoms with Gasteiger partial charge in [0, 0.05) is 0 Å². The molecule has 2 heteroatoms. The van der Waals surface area contributed by atoms with Crippen LogP contribution in [0.3, 0.4) is 0 Å². The van der Waals surface area contributed by atoms with Gasteiger partial charge in [0.2, 0.25) is 0 Å². The maximum absolute atomic E-state index is 9.47. The molecule has 1 rings (SSSR count). The summed E-state index contributed by atoms with van der Waals surface area (Å²) in [7, 11) is 0. The Hall–Kier alpha value is -1.02. The minimum absolute atomic E-state index is 0.344. The Kier molecular flexibility index (Phi) is 3.11. The van der Waals surface area contributed by atoms with E-state index in [0.29, 0.717) is 18.2 Å². The number of hydrogen-bond acceptors (Lipinski definition) is 2. The lowest BCUT2D eigenvalue weighted by atomic mass is 9.97.